The lowest BCUT2D eigenvalue weighted by atomic mass is 9.94. The van der Waals surface area contributed by atoms with Gasteiger partial charge in [-0.3, -0.25) is 0 Å². The van der Waals surface area contributed by atoms with Gasteiger partial charge in [-0.25, -0.2) is 0 Å². The lowest BCUT2D eigenvalue weighted by molar-refractivity contribution is 1.29. The first kappa shape index (κ1) is 24.6. The Morgan fingerprint density at radius 1 is 0.381 bits per heavy atom. The van der Waals surface area contributed by atoms with Gasteiger partial charge < -0.3 is 4.90 Å². The van der Waals surface area contributed by atoms with Crippen molar-refractivity contribution in [3.05, 3.63) is 164 Å². The zero-order valence-electron chi connectivity index (χ0n) is 22.9. The molecule has 0 aliphatic carbocycles. The van der Waals surface area contributed by atoms with E-state index in [-0.39, 0.29) is 0 Å². The van der Waals surface area contributed by atoms with Gasteiger partial charge in [0.05, 0.1) is 5.69 Å². The Hall–Kier alpha value is -5.18. The molecular formula is C40H27NS. The van der Waals surface area contributed by atoms with Crippen LogP contribution in [0.1, 0.15) is 0 Å². The van der Waals surface area contributed by atoms with E-state index >= 15 is 0 Å². The monoisotopic (exact) mass is 553 g/mol. The van der Waals surface area contributed by atoms with Crippen molar-refractivity contribution in [1.29, 1.82) is 0 Å². The number of nitrogens with zero attached hydrogens (tertiary/aromatic N) is 1. The molecule has 0 saturated carbocycles. The van der Waals surface area contributed by atoms with Crippen LogP contribution in [0.15, 0.2) is 164 Å². The zero-order chi connectivity index (χ0) is 27.9. The van der Waals surface area contributed by atoms with Crippen LogP contribution in [0.25, 0.3) is 53.2 Å². The predicted octanol–water partition coefficient (Wildman–Crippen LogP) is 12.0. The molecule has 2 heteroatoms. The molecule has 0 spiro atoms. The fourth-order valence-electron chi connectivity index (χ4n) is 6.08. The van der Waals surface area contributed by atoms with Gasteiger partial charge in [0.1, 0.15) is 0 Å². The van der Waals surface area contributed by atoms with Crippen LogP contribution in [-0.4, -0.2) is 0 Å². The number of benzene rings is 7. The van der Waals surface area contributed by atoms with Crippen LogP contribution in [0.5, 0.6) is 0 Å². The Morgan fingerprint density at radius 3 is 1.93 bits per heavy atom. The number of anilines is 3. The van der Waals surface area contributed by atoms with E-state index in [1.165, 1.54) is 53.2 Å². The minimum absolute atomic E-state index is 1.13. The molecule has 0 atom stereocenters. The SMILES string of the molecule is c1ccc(-c2ccc(-c3cccc4ccccc34)cc2N(c2ccccc2)c2ccc3sc4ccccc4c3c2)cc1. The third kappa shape index (κ3) is 4.25. The van der Waals surface area contributed by atoms with Crippen molar-refractivity contribution in [2.24, 2.45) is 0 Å². The first-order chi connectivity index (χ1) is 20.8. The van der Waals surface area contributed by atoms with Crippen LogP contribution >= 0.6 is 11.3 Å². The van der Waals surface area contributed by atoms with Crippen LogP contribution in [0.2, 0.25) is 0 Å². The number of rotatable bonds is 5. The summed E-state index contributed by atoms with van der Waals surface area (Å²) in [5.41, 5.74) is 8.24. The molecule has 0 bridgehead atoms. The van der Waals surface area contributed by atoms with Gasteiger partial charge in [-0.05, 0) is 69.9 Å². The highest BCUT2D eigenvalue weighted by Gasteiger charge is 2.20. The van der Waals surface area contributed by atoms with Crippen molar-refractivity contribution >= 4 is 59.3 Å². The summed E-state index contributed by atoms with van der Waals surface area (Å²) in [4.78, 5) is 2.42. The van der Waals surface area contributed by atoms with E-state index in [2.05, 4.69) is 169 Å². The standard InChI is InChI=1S/C40H27NS/c1-3-12-29(13-4-1)35-24-22-30(34-20-11-15-28-14-7-8-18-33(28)34)26-38(35)41(31-16-5-2-6-17-31)32-23-25-40-37(27-32)36-19-9-10-21-39(36)42-40/h1-27H. The van der Waals surface area contributed by atoms with Gasteiger partial charge in [0.2, 0.25) is 0 Å². The predicted molar refractivity (Wildman–Crippen MR) is 182 cm³/mol. The highest BCUT2D eigenvalue weighted by atomic mass is 32.1. The van der Waals surface area contributed by atoms with E-state index < -0.39 is 0 Å². The summed E-state index contributed by atoms with van der Waals surface area (Å²) in [5, 5.41) is 5.11. The summed E-state index contributed by atoms with van der Waals surface area (Å²) in [7, 11) is 0. The molecule has 1 nitrogen and oxygen atoms in total. The number of para-hydroxylation sites is 1. The summed E-state index contributed by atoms with van der Waals surface area (Å²) in [5.74, 6) is 0. The van der Waals surface area contributed by atoms with E-state index in [9.17, 15) is 0 Å². The molecule has 8 aromatic rings. The van der Waals surface area contributed by atoms with Crippen molar-refractivity contribution in [2.75, 3.05) is 4.90 Å². The maximum absolute atomic E-state index is 2.42. The topological polar surface area (TPSA) is 3.24 Å². The second-order valence-electron chi connectivity index (χ2n) is 10.6. The van der Waals surface area contributed by atoms with Crippen LogP contribution in [0.3, 0.4) is 0 Å². The summed E-state index contributed by atoms with van der Waals surface area (Å²) in [6.07, 6.45) is 0. The molecular weight excluding hydrogens is 527 g/mol. The maximum atomic E-state index is 2.42. The zero-order valence-corrected chi connectivity index (χ0v) is 23.8. The van der Waals surface area contributed by atoms with Crippen LogP contribution in [-0.2, 0) is 0 Å². The first-order valence-electron chi connectivity index (χ1n) is 14.3. The minimum atomic E-state index is 1.13. The van der Waals surface area contributed by atoms with Crippen molar-refractivity contribution in [1.82, 2.24) is 0 Å². The Balaban J connectivity index is 1.41. The van der Waals surface area contributed by atoms with Crippen molar-refractivity contribution in [2.45, 2.75) is 0 Å². The second-order valence-corrected chi connectivity index (χ2v) is 11.7. The summed E-state index contributed by atoms with van der Waals surface area (Å²) in [6, 6.07) is 59.2. The minimum Gasteiger partial charge on any atom is -0.310 e. The fourth-order valence-corrected chi connectivity index (χ4v) is 7.17. The molecule has 7 aromatic carbocycles. The third-order valence-electron chi connectivity index (χ3n) is 8.06. The molecule has 0 aliphatic heterocycles. The molecule has 42 heavy (non-hydrogen) atoms. The van der Waals surface area contributed by atoms with Gasteiger partial charge in [0, 0.05) is 37.1 Å². The van der Waals surface area contributed by atoms with Crippen molar-refractivity contribution < 1.29 is 0 Å². The number of thiophene rings is 1. The van der Waals surface area contributed by atoms with E-state index in [0.717, 1.165) is 17.1 Å². The molecule has 1 heterocycles. The van der Waals surface area contributed by atoms with Gasteiger partial charge in [0.25, 0.3) is 0 Å². The Labute approximate surface area is 249 Å². The lowest BCUT2D eigenvalue weighted by Crippen LogP contribution is -2.11. The number of fused-ring (bicyclic) bond motifs is 4. The molecule has 0 N–H and O–H groups in total. The van der Waals surface area contributed by atoms with E-state index in [1.807, 2.05) is 11.3 Å². The number of hydrogen-bond donors (Lipinski definition) is 0. The molecule has 0 radical (unpaired) electrons. The summed E-state index contributed by atoms with van der Waals surface area (Å²) < 4.78 is 2.62. The summed E-state index contributed by atoms with van der Waals surface area (Å²) >= 11 is 1.86. The molecule has 8 rings (SSSR count). The molecule has 0 saturated heterocycles. The van der Waals surface area contributed by atoms with Gasteiger partial charge in [0.15, 0.2) is 0 Å². The second kappa shape index (κ2) is 10.3. The average Bonchev–Trinajstić information content (AvgIpc) is 3.44. The van der Waals surface area contributed by atoms with Crippen molar-refractivity contribution in [3.8, 4) is 22.3 Å². The third-order valence-corrected chi connectivity index (χ3v) is 9.21. The van der Waals surface area contributed by atoms with Crippen LogP contribution in [0, 0.1) is 0 Å². The number of hydrogen-bond acceptors (Lipinski definition) is 2. The van der Waals surface area contributed by atoms with E-state index in [0.29, 0.717) is 0 Å². The summed E-state index contributed by atoms with van der Waals surface area (Å²) in [6.45, 7) is 0. The van der Waals surface area contributed by atoms with E-state index in [1.54, 1.807) is 0 Å². The smallest absolute Gasteiger partial charge is 0.0546 e. The molecule has 0 amide bonds. The first-order valence-corrected chi connectivity index (χ1v) is 15.1. The van der Waals surface area contributed by atoms with Crippen molar-refractivity contribution in [3.63, 3.8) is 0 Å². The fraction of sp³-hybridized carbons (Fsp3) is 0. The molecule has 198 valence electrons. The quantitative estimate of drug-likeness (QED) is 0.205. The largest absolute Gasteiger partial charge is 0.310 e. The average molecular weight is 554 g/mol. The van der Waals surface area contributed by atoms with E-state index in [4.69, 9.17) is 0 Å². The molecule has 0 fully saturated rings. The Bertz CT molecular complexity index is 2190. The lowest BCUT2D eigenvalue weighted by Gasteiger charge is -2.29. The Morgan fingerprint density at radius 2 is 1.07 bits per heavy atom. The molecule has 0 unspecified atom stereocenters. The van der Waals surface area contributed by atoms with Crippen LogP contribution in [0.4, 0.5) is 17.1 Å². The van der Waals surface area contributed by atoms with Gasteiger partial charge in [-0.2, -0.15) is 0 Å². The molecule has 0 aliphatic rings. The van der Waals surface area contributed by atoms with Crippen LogP contribution < -0.4 is 4.90 Å². The molecule has 1 aromatic heterocycles. The van der Waals surface area contributed by atoms with Gasteiger partial charge in [-0.1, -0.05) is 121 Å². The van der Waals surface area contributed by atoms with Gasteiger partial charge >= 0.3 is 0 Å². The maximum Gasteiger partial charge on any atom is 0.0546 e. The normalized spacial score (nSPS) is 11.3. The highest BCUT2D eigenvalue weighted by molar-refractivity contribution is 7.25. The Kier molecular flexibility index (Phi) is 6.05. The highest BCUT2D eigenvalue weighted by Crippen LogP contribution is 2.45. The van der Waals surface area contributed by atoms with Gasteiger partial charge in [-0.15, -0.1) is 11.3 Å².